The lowest BCUT2D eigenvalue weighted by Crippen LogP contribution is -2.52. The highest BCUT2D eigenvalue weighted by Gasteiger charge is 2.36. The molecule has 4 rings (SSSR count). The third kappa shape index (κ3) is 8.55. The molecule has 1 aliphatic heterocycles. The Bertz CT molecular complexity index is 1670. The van der Waals surface area contributed by atoms with Crippen LogP contribution in [0, 0.1) is 18.0 Å². The number of carbonyl (C=O) groups excluding carboxylic acids is 2. The van der Waals surface area contributed by atoms with Gasteiger partial charge in [0, 0.05) is 18.4 Å². The molecular formula is C27H29F3N6O9S. The first-order valence-corrected chi connectivity index (χ1v) is 15.1. The number of nitrogens with zero attached hydrogens (tertiary/aromatic N) is 5. The van der Waals surface area contributed by atoms with E-state index in [4.69, 9.17) is 9.57 Å². The molecule has 0 radical (unpaired) electrons. The quantitative estimate of drug-likeness (QED) is 0.0996. The van der Waals surface area contributed by atoms with Crippen LogP contribution in [0.1, 0.15) is 25.1 Å². The summed E-state index contributed by atoms with van der Waals surface area (Å²) in [7, 11) is -4.41. The number of ether oxygens (including phenoxy) is 3. The van der Waals surface area contributed by atoms with Crippen LogP contribution in [0.2, 0.25) is 0 Å². The molecule has 1 aliphatic rings. The summed E-state index contributed by atoms with van der Waals surface area (Å²) in [5.41, 5.74) is 0.526. The van der Waals surface area contributed by atoms with Gasteiger partial charge in [-0.15, -0.1) is 5.01 Å². The number of hydrogen-bond acceptors (Lipinski definition) is 11. The van der Waals surface area contributed by atoms with Crippen molar-refractivity contribution in [2.45, 2.75) is 38.1 Å². The van der Waals surface area contributed by atoms with Crippen molar-refractivity contribution in [3.63, 3.8) is 0 Å². The van der Waals surface area contributed by atoms with Crippen molar-refractivity contribution in [2.24, 2.45) is 11.2 Å². The van der Waals surface area contributed by atoms with Crippen LogP contribution >= 0.6 is 0 Å². The number of nitrogens with one attached hydrogen (secondary N) is 1. The van der Waals surface area contributed by atoms with E-state index in [1.807, 2.05) is 6.92 Å². The Morgan fingerprint density at radius 3 is 2.39 bits per heavy atom. The Morgan fingerprint density at radius 2 is 1.78 bits per heavy atom. The predicted octanol–water partition coefficient (Wildman–Crippen LogP) is 4.54. The molecule has 1 atom stereocenters. The molecule has 46 heavy (non-hydrogen) atoms. The van der Waals surface area contributed by atoms with Gasteiger partial charge < -0.3 is 19.4 Å². The topological polar surface area (TPSA) is 177 Å². The number of aromatic nitrogens is 2. The Hall–Kier alpha value is -5.07. The summed E-state index contributed by atoms with van der Waals surface area (Å²) in [6.45, 7) is 4.78. The third-order valence-corrected chi connectivity index (χ3v) is 7.70. The summed E-state index contributed by atoms with van der Waals surface area (Å²) in [5, 5.41) is 20.1. The maximum atomic E-state index is 13.5. The van der Waals surface area contributed by atoms with Gasteiger partial charge in [0.25, 0.3) is 16.3 Å². The molecule has 0 saturated carbocycles. The summed E-state index contributed by atoms with van der Waals surface area (Å²) in [6, 6.07) is 12.4. The fraction of sp³-hybridized carbons (Fsp3) is 0.370. The normalized spacial score (nSPS) is 14.7. The van der Waals surface area contributed by atoms with Crippen molar-refractivity contribution in [3.05, 3.63) is 71.1 Å². The predicted molar refractivity (Wildman–Crippen MR) is 150 cm³/mol. The standard InChI is InChI=1S/C27H29F3N6O9S/c1-4-42-26(38)44-18(3)45-33-36(39)34-14-19(15-34)16-43-25(37)32-46(40,41)22-11-9-21(10-12-22)35-23(13-24(31-35)27(28,29)30)20-7-5-17(2)6-8-20/h5-13,18-19H,4,14-16H2,1-3H3,(H,32,37)/b36-33+. The lowest BCUT2D eigenvalue weighted by Gasteiger charge is -2.33. The molecule has 0 aliphatic carbocycles. The van der Waals surface area contributed by atoms with Gasteiger partial charge in [-0.3, -0.25) is 4.84 Å². The third-order valence-electron chi connectivity index (χ3n) is 6.38. The molecule has 2 heterocycles. The summed E-state index contributed by atoms with van der Waals surface area (Å²) in [5.74, 6) is -0.328. The summed E-state index contributed by atoms with van der Waals surface area (Å²) in [4.78, 5) is 27.9. The molecule has 1 saturated heterocycles. The number of benzene rings is 2. The van der Waals surface area contributed by atoms with Crippen LogP contribution in [0.4, 0.5) is 22.8 Å². The van der Waals surface area contributed by atoms with E-state index in [-0.39, 0.29) is 53.5 Å². The Labute approximate surface area is 260 Å². The number of amides is 1. The highest BCUT2D eigenvalue weighted by molar-refractivity contribution is 7.90. The molecular weight excluding hydrogens is 641 g/mol. The smallest absolute Gasteiger partial charge is 0.511 e. The molecule has 2 aromatic carbocycles. The number of sulfonamides is 1. The van der Waals surface area contributed by atoms with E-state index in [2.05, 4.69) is 19.8 Å². The number of alkyl halides is 3. The van der Waals surface area contributed by atoms with Gasteiger partial charge >= 0.3 is 18.4 Å². The van der Waals surface area contributed by atoms with Crippen LogP contribution in [-0.4, -0.2) is 73.0 Å². The maximum Gasteiger partial charge on any atom is 0.511 e. The van der Waals surface area contributed by atoms with Gasteiger partial charge in [-0.2, -0.15) is 18.3 Å². The van der Waals surface area contributed by atoms with Crippen LogP contribution in [0.25, 0.3) is 16.9 Å². The Morgan fingerprint density at radius 1 is 1.13 bits per heavy atom. The lowest BCUT2D eigenvalue weighted by molar-refractivity contribution is -0.728. The van der Waals surface area contributed by atoms with E-state index in [1.54, 1.807) is 35.9 Å². The van der Waals surface area contributed by atoms with Crippen LogP contribution in [0.15, 0.2) is 64.8 Å². The average Bonchev–Trinajstić information content (AvgIpc) is 3.42. The fourth-order valence-electron chi connectivity index (χ4n) is 4.06. The van der Waals surface area contributed by atoms with Crippen molar-refractivity contribution < 1.29 is 55.2 Å². The fourth-order valence-corrected chi connectivity index (χ4v) is 4.95. The van der Waals surface area contributed by atoms with E-state index in [0.717, 1.165) is 28.4 Å². The van der Waals surface area contributed by atoms with Crippen molar-refractivity contribution in [2.75, 3.05) is 26.3 Å². The first-order chi connectivity index (χ1) is 21.7. The second-order valence-electron chi connectivity index (χ2n) is 9.93. The van der Waals surface area contributed by atoms with E-state index in [9.17, 15) is 36.4 Å². The average molecular weight is 671 g/mol. The number of aryl methyl sites for hydroxylation is 1. The van der Waals surface area contributed by atoms with Crippen molar-refractivity contribution in [3.8, 4) is 16.9 Å². The molecule has 3 aromatic rings. The van der Waals surface area contributed by atoms with Crippen molar-refractivity contribution in [1.82, 2.24) is 19.5 Å². The highest BCUT2D eigenvalue weighted by atomic mass is 32.2. The minimum Gasteiger partial charge on any atom is -0.569 e. The van der Waals surface area contributed by atoms with Gasteiger partial charge in [0.05, 0.1) is 47.5 Å². The molecule has 0 spiro atoms. The highest BCUT2D eigenvalue weighted by Crippen LogP contribution is 2.33. The SMILES string of the molecule is CCOC(=O)OC(C)O/N=[N+](/[O-])N1CC(COC(=O)NS(=O)(=O)c2ccc(-n3nc(C(F)(F)F)cc3-c3ccc(C)cc3)cc2)C1. The molecule has 15 nitrogen and oxygen atoms in total. The van der Waals surface area contributed by atoms with E-state index in [1.165, 1.54) is 24.1 Å². The van der Waals surface area contributed by atoms with Crippen molar-refractivity contribution >= 4 is 22.3 Å². The number of rotatable bonds is 11. The second-order valence-corrected chi connectivity index (χ2v) is 11.6. The first-order valence-electron chi connectivity index (χ1n) is 13.6. The summed E-state index contributed by atoms with van der Waals surface area (Å²) >= 11 is 0. The minimum atomic E-state index is -4.71. The zero-order valence-electron chi connectivity index (χ0n) is 24.6. The molecule has 1 aromatic heterocycles. The number of hydrogen-bond donors (Lipinski definition) is 1. The van der Waals surface area contributed by atoms with Gasteiger partial charge in [0.15, 0.2) is 5.69 Å². The largest absolute Gasteiger partial charge is 0.569 e. The van der Waals surface area contributed by atoms with Crippen LogP contribution in [-0.2, 0) is 35.2 Å². The maximum absolute atomic E-state index is 13.5. The number of halogens is 3. The molecule has 248 valence electrons. The first kappa shape index (κ1) is 33.8. The summed E-state index contributed by atoms with van der Waals surface area (Å²) < 4.78 is 82.9. The van der Waals surface area contributed by atoms with Gasteiger partial charge in [0.1, 0.15) is 0 Å². The number of hydrazine groups is 1. The molecule has 0 bridgehead atoms. The van der Waals surface area contributed by atoms with Gasteiger partial charge in [-0.25, -0.2) is 27.4 Å². The summed E-state index contributed by atoms with van der Waals surface area (Å²) in [6.07, 6.45) is -8.18. The minimum absolute atomic E-state index is 0.0884. The zero-order valence-corrected chi connectivity index (χ0v) is 25.4. The number of carbonyl (C=O) groups is 2. The van der Waals surface area contributed by atoms with Gasteiger partial charge in [-0.1, -0.05) is 29.8 Å². The van der Waals surface area contributed by atoms with Gasteiger partial charge in [0.2, 0.25) is 5.28 Å². The Kier molecular flexibility index (Phi) is 10.2. The van der Waals surface area contributed by atoms with E-state index < -0.39 is 40.4 Å². The van der Waals surface area contributed by atoms with Crippen LogP contribution < -0.4 is 4.72 Å². The van der Waals surface area contributed by atoms with Crippen molar-refractivity contribution in [1.29, 1.82) is 0 Å². The zero-order chi connectivity index (χ0) is 33.6. The van der Waals surface area contributed by atoms with E-state index in [0.29, 0.717) is 5.56 Å². The Balaban J connectivity index is 1.31. The van der Waals surface area contributed by atoms with E-state index >= 15 is 0 Å². The molecule has 1 N–H and O–H groups in total. The lowest BCUT2D eigenvalue weighted by atomic mass is 10.0. The molecule has 1 unspecified atom stereocenters. The van der Waals surface area contributed by atoms with Crippen LogP contribution in [0.5, 0.6) is 0 Å². The van der Waals surface area contributed by atoms with Gasteiger partial charge in [-0.05, 0) is 44.2 Å². The molecule has 19 heteroatoms. The molecule has 1 amide bonds. The van der Waals surface area contributed by atoms with Crippen LogP contribution in [0.3, 0.4) is 0 Å². The molecule has 1 fully saturated rings. The second kappa shape index (κ2) is 13.9. The monoisotopic (exact) mass is 670 g/mol.